The van der Waals surface area contributed by atoms with Gasteiger partial charge in [0, 0.05) is 19.3 Å². The van der Waals surface area contributed by atoms with Crippen LogP contribution in [0.2, 0.25) is 0 Å². The monoisotopic (exact) mass is 255 g/mol. The number of hydrogen-bond acceptors (Lipinski definition) is 3. The lowest BCUT2D eigenvalue weighted by Crippen LogP contribution is -2.49. The summed E-state index contributed by atoms with van der Waals surface area (Å²) in [6.07, 6.45) is 8.61. The zero-order chi connectivity index (χ0) is 13.0. The van der Waals surface area contributed by atoms with E-state index in [1.54, 1.807) is 0 Å². The summed E-state index contributed by atoms with van der Waals surface area (Å²) in [5.41, 5.74) is 6.63. The minimum atomic E-state index is 0.172. The summed E-state index contributed by atoms with van der Waals surface area (Å²) in [5, 5.41) is 0. The van der Waals surface area contributed by atoms with Crippen LogP contribution in [-0.4, -0.2) is 31.0 Å². The lowest BCUT2D eigenvalue weighted by atomic mass is 9.79. The summed E-state index contributed by atoms with van der Waals surface area (Å²) < 4.78 is 11.9. The van der Waals surface area contributed by atoms with Crippen LogP contribution < -0.4 is 5.73 Å². The molecule has 0 aromatic rings. The predicted molar refractivity (Wildman–Crippen MR) is 73.6 cm³/mol. The highest BCUT2D eigenvalue weighted by Crippen LogP contribution is 2.43. The predicted octanol–water partition coefficient (Wildman–Crippen LogP) is 2.87. The minimum Gasteiger partial charge on any atom is -0.377 e. The highest BCUT2D eigenvalue weighted by Gasteiger charge is 2.42. The molecule has 0 amide bonds. The number of ether oxygens (including phenoxy) is 2. The Morgan fingerprint density at radius 2 is 2.06 bits per heavy atom. The van der Waals surface area contributed by atoms with Crippen molar-refractivity contribution in [3.8, 4) is 0 Å². The number of hydrogen-bond donors (Lipinski definition) is 1. The van der Waals surface area contributed by atoms with Gasteiger partial charge in [0.05, 0.1) is 11.7 Å². The molecule has 2 N–H and O–H groups in total. The molecule has 2 aliphatic rings. The molecule has 3 nitrogen and oxygen atoms in total. The summed E-state index contributed by atoms with van der Waals surface area (Å²) in [7, 11) is 0. The molecule has 18 heavy (non-hydrogen) atoms. The molecule has 2 rings (SSSR count). The summed E-state index contributed by atoms with van der Waals surface area (Å²) >= 11 is 0. The Bertz CT molecular complexity index is 251. The van der Waals surface area contributed by atoms with Crippen LogP contribution in [0.3, 0.4) is 0 Å². The van der Waals surface area contributed by atoms with Gasteiger partial charge in [0.15, 0.2) is 0 Å². The zero-order valence-corrected chi connectivity index (χ0v) is 12.0. The van der Waals surface area contributed by atoms with Crippen LogP contribution in [-0.2, 0) is 9.47 Å². The first kappa shape index (κ1) is 14.3. The molecule has 1 spiro atoms. The normalized spacial score (nSPS) is 30.5. The van der Waals surface area contributed by atoms with Crippen molar-refractivity contribution in [1.82, 2.24) is 0 Å². The average molecular weight is 255 g/mol. The van der Waals surface area contributed by atoms with E-state index in [9.17, 15) is 0 Å². The lowest BCUT2D eigenvalue weighted by Gasteiger charge is -2.42. The van der Waals surface area contributed by atoms with Crippen molar-refractivity contribution >= 4 is 0 Å². The first-order chi connectivity index (χ1) is 8.71. The van der Waals surface area contributed by atoms with Gasteiger partial charge in [0.25, 0.3) is 0 Å². The Labute approximate surface area is 111 Å². The molecule has 0 bridgehead atoms. The van der Waals surface area contributed by atoms with Crippen LogP contribution in [0.25, 0.3) is 0 Å². The molecule has 3 heteroatoms. The Morgan fingerprint density at radius 3 is 2.67 bits per heavy atom. The molecule has 0 aromatic carbocycles. The Balaban J connectivity index is 1.94. The van der Waals surface area contributed by atoms with E-state index in [2.05, 4.69) is 13.8 Å². The second kappa shape index (κ2) is 6.36. The van der Waals surface area contributed by atoms with Crippen molar-refractivity contribution in [2.24, 2.45) is 11.7 Å². The van der Waals surface area contributed by atoms with Gasteiger partial charge in [-0.2, -0.15) is 0 Å². The van der Waals surface area contributed by atoms with Crippen molar-refractivity contribution < 1.29 is 9.47 Å². The average Bonchev–Trinajstić information content (AvgIpc) is 2.83. The maximum absolute atomic E-state index is 6.46. The van der Waals surface area contributed by atoms with E-state index in [0.29, 0.717) is 5.92 Å². The van der Waals surface area contributed by atoms with Crippen LogP contribution >= 0.6 is 0 Å². The molecule has 0 radical (unpaired) electrons. The molecule has 1 heterocycles. The fourth-order valence-electron chi connectivity index (χ4n) is 3.78. The van der Waals surface area contributed by atoms with Gasteiger partial charge in [0.1, 0.15) is 0 Å². The van der Waals surface area contributed by atoms with Gasteiger partial charge in [-0.1, -0.05) is 19.8 Å². The maximum Gasteiger partial charge on any atom is 0.0725 e. The van der Waals surface area contributed by atoms with Gasteiger partial charge in [-0.15, -0.1) is 0 Å². The van der Waals surface area contributed by atoms with Gasteiger partial charge in [-0.25, -0.2) is 0 Å². The Hall–Kier alpha value is -0.120. The Morgan fingerprint density at radius 1 is 1.33 bits per heavy atom. The van der Waals surface area contributed by atoms with E-state index in [-0.39, 0.29) is 17.7 Å². The second-order valence-corrected chi connectivity index (χ2v) is 5.97. The summed E-state index contributed by atoms with van der Waals surface area (Å²) in [5.74, 6) is 0.577. The van der Waals surface area contributed by atoms with Crippen molar-refractivity contribution in [3.63, 3.8) is 0 Å². The molecule has 1 aliphatic carbocycles. The maximum atomic E-state index is 6.46. The minimum absolute atomic E-state index is 0.172. The third kappa shape index (κ3) is 3.06. The summed E-state index contributed by atoms with van der Waals surface area (Å²) in [6, 6.07) is 0.177. The van der Waals surface area contributed by atoms with Crippen molar-refractivity contribution in [1.29, 1.82) is 0 Å². The van der Waals surface area contributed by atoms with E-state index in [4.69, 9.17) is 15.2 Å². The van der Waals surface area contributed by atoms with Gasteiger partial charge in [0.2, 0.25) is 0 Å². The smallest absolute Gasteiger partial charge is 0.0725 e. The Kier molecular flexibility index (Phi) is 5.05. The summed E-state index contributed by atoms with van der Waals surface area (Å²) in [6.45, 7) is 5.88. The van der Waals surface area contributed by atoms with Gasteiger partial charge < -0.3 is 15.2 Å². The van der Waals surface area contributed by atoms with Crippen LogP contribution in [0.5, 0.6) is 0 Å². The first-order valence-electron chi connectivity index (χ1n) is 7.72. The van der Waals surface area contributed by atoms with Crippen molar-refractivity contribution in [2.75, 3.05) is 13.2 Å². The first-order valence-corrected chi connectivity index (χ1v) is 7.72. The molecule has 3 unspecified atom stereocenters. The molecule has 0 aromatic heterocycles. The van der Waals surface area contributed by atoms with Crippen LogP contribution in [0.4, 0.5) is 0 Å². The molecule has 1 saturated heterocycles. The van der Waals surface area contributed by atoms with Crippen LogP contribution in [0.15, 0.2) is 0 Å². The second-order valence-electron chi connectivity index (χ2n) is 5.97. The molecular weight excluding hydrogens is 226 g/mol. The van der Waals surface area contributed by atoms with E-state index in [0.717, 1.165) is 32.5 Å². The van der Waals surface area contributed by atoms with E-state index < -0.39 is 0 Å². The van der Waals surface area contributed by atoms with E-state index >= 15 is 0 Å². The topological polar surface area (TPSA) is 44.5 Å². The molecule has 3 atom stereocenters. The molecule has 1 saturated carbocycles. The summed E-state index contributed by atoms with van der Waals surface area (Å²) in [4.78, 5) is 0. The molecule has 106 valence electrons. The number of rotatable bonds is 5. The van der Waals surface area contributed by atoms with E-state index in [1.165, 1.54) is 25.7 Å². The van der Waals surface area contributed by atoms with Gasteiger partial charge >= 0.3 is 0 Å². The zero-order valence-electron chi connectivity index (χ0n) is 12.0. The number of nitrogens with two attached hydrogens (primary N) is 1. The molecule has 2 fully saturated rings. The van der Waals surface area contributed by atoms with Gasteiger partial charge in [-0.3, -0.25) is 0 Å². The molecule has 1 aliphatic heterocycles. The van der Waals surface area contributed by atoms with Crippen LogP contribution in [0.1, 0.15) is 58.8 Å². The third-order valence-corrected chi connectivity index (χ3v) is 4.80. The quantitative estimate of drug-likeness (QED) is 0.821. The highest BCUT2D eigenvalue weighted by atomic mass is 16.5. The fourth-order valence-corrected chi connectivity index (χ4v) is 3.78. The third-order valence-electron chi connectivity index (χ3n) is 4.80. The van der Waals surface area contributed by atoms with Gasteiger partial charge in [-0.05, 0) is 44.9 Å². The van der Waals surface area contributed by atoms with Crippen molar-refractivity contribution in [3.05, 3.63) is 0 Å². The standard InChI is InChI=1S/C15H29NO2/c1-3-13(17-4-2)14(16)12-7-10-18-15(11-12)8-5-6-9-15/h12-14H,3-11,16H2,1-2H3. The largest absolute Gasteiger partial charge is 0.377 e. The fraction of sp³-hybridized carbons (Fsp3) is 1.00. The molecular formula is C15H29NO2. The lowest BCUT2D eigenvalue weighted by molar-refractivity contribution is -0.105. The van der Waals surface area contributed by atoms with E-state index in [1.807, 2.05) is 0 Å². The SMILES string of the molecule is CCOC(CC)C(N)C1CCOC2(CCCC2)C1. The van der Waals surface area contributed by atoms with Crippen LogP contribution in [0, 0.1) is 5.92 Å². The van der Waals surface area contributed by atoms with Crippen molar-refractivity contribution in [2.45, 2.75) is 76.5 Å². The highest BCUT2D eigenvalue weighted by molar-refractivity contribution is 4.95.